The van der Waals surface area contributed by atoms with Gasteiger partial charge in [0.2, 0.25) is 0 Å². The quantitative estimate of drug-likeness (QED) is 0.568. The summed E-state index contributed by atoms with van der Waals surface area (Å²) in [6.45, 7) is 0.177. The minimum absolute atomic E-state index is 0.0463. The van der Waals surface area contributed by atoms with Crippen LogP contribution in [0.5, 0.6) is 0 Å². The monoisotopic (exact) mass is 319 g/mol. The van der Waals surface area contributed by atoms with Gasteiger partial charge in [-0.05, 0) is 25.7 Å². The van der Waals surface area contributed by atoms with Gasteiger partial charge >= 0.3 is 0 Å². The van der Waals surface area contributed by atoms with Crippen molar-refractivity contribution < 1.29 is 10.2 Å². The summed E-state index contributed by atoms with van der Waals surface area (Å²) in [5.41, 5.74) is 8.54. The number of aliphatic hydroxyl groups is 2. The zero-order valence-electron chi connectivity index (χ0n) is 13.2. The van der Waals surface area contributed by atoms with Gasteiger partial charge in [0, 0.05) is 23.8 Å². The Morgan fingerprint density at radius 2 is 1.96 bits per heavy atom. The third kappa shape index (κ3) is 3.63. The van der Waals surface area contributed by atoms with E-state index in [4.69, 9.17) is 15.9 Å². The Kier molecular flexibility index (Phi) is 5.09. The van der Waals surface area contributed by atoms with E-state index in [2.05, 4.69) is 20.3 Å². The number of aromatic amines is 1. The molecule has 4 rings (SSSR count). The van der Waals surface area contributed by atoms with Gasteiger partial charge in [-0.1, -0.05) is 12.8 Å². The van der Waals surface area contributed by atoms with Gasteiger partial charge in [0.1, 0.15) is 11.8 Å². The van der Waals surface area contributed by atoms with Crippen LogP contribution in [0.2, 0.25) is 0 Å². The molecule has 2 atom stereocenters. The summed E-state index contributed by atoms with van der Waals surface area (Å²) in [6, 6.07) is 0.416. The van der Waals surface area contributed by atoms with Crippen molar-refractivity contribution in [1.29, 1.82) is 0 Å². The molecule has 2 aromatic heterocycles. The number of nitrogens with two attached hydrogens (primary N) is 1. The van der Waals surface area contributed by atoms with Crippen molar-refractivity contribution in [3.8, 4) is 0 Å². The maximum absolute atomic E-state index is 9.12. The van der Waals surface area contributed by atoms with Gasteiger partial charge in [0.05, 0.1) is 18.2 Å². The summed E-state index contributed by atoms with van der Waals surface area (Å²) in [4.78, 5) is 11.3. The third-order valence-corrected chi connectivity index (χ3v) is 4.68. The van der Waals surface area contributed by atoms with Gasteiger partial charge in [-0.2, -0.15) is 0 Å². The van der Waals surface area contributed by atoms with E-state index in [0.29, 0.717) is 5.82 Å². The molecule has 6 N–H and O–H groups in total. The van der Waals surface area contributed by atoms with Crippen LogP contribution in [0.15, 0.2) is 12.5 Å². The van der Waals surface area contributed by atoms with Crippen molar-refractivity contribution in [2.45, 2.75) is 56.7 Å². The van der Waals surface area contributed by atoms with E-state index >= 15 is 0 Å². The lowest BCUT2D eigenvalue weighted by atomic mass is 10.1. The van der Waals surface area contributed by atoms with Crippen molar-refractivity contribution in [3.63, 3.8) is 0 Å². The molecule has 0 aromatic carbocycles. The lowest BCUT2D eigenvalue weighted by Crippen LogP contribution is -2.27. The van der Waals surface area contributed by atoms with Gasteiger partial charge < -0.3 is 26.2 Å². The molecule has 1 aliphatic carbocycles. The fourth-order valence-corrected chi connectivity index (χ4v) is 3.36. The van der Waals surface area contributed by atoms with Gasteiger partial charge in [-0.3, -0.25) is 0 Å². The number of rotatable bonds is 2. The molecule has 0 amide bonds. The van der Waals surface area contributed by atoms with Crippen LogP contribution in [0.4, 0.5) is 5.82 Å². The van der Waals surface area contributed by atoms with E-state index in [1.165, 1.54) is 19.2 Å². The van der Waals surface area contributed by atoms with Crippen molar-refractivity contribution >= 4 is 16.9 Å². The largest absolute Gasteiger partial charge is 0.395 e. The lowest BCUT2D eigenvalue weighted by Gasteiger charge is -2.11. The van der Waals surface area contributed by atoms with Gasteiger partial charge in [-0.15, -0.1) is 0 Å². The van der Waals surface area contributed by atoms with Crippen molar-refractivity contribution in [3.05, 3.63) is 18.1 Å². The Labute approximate surface area is 135 Å². The first kappa shape index (κ1) is 16.2. The minimum atomic E-state index is 0.0463. The normalized spacial score (nSPS) is 24.8. The molecule has 0 bridgehead atoms. The Bertz CT molecular complexity index is 638. The number of nitrogens with one attached hydrogen (secondary N) is 2. The fraction of sp³-hybridized carbons (Fsp3) is 0.625. The van der Waals surface area contributed by atoms with Gasteiger partial charge in [0.15, 0.2) is 5.82 Å². The molecule has 3 heterocycles. The van der Waals surface area contributed by atoms with E-state index in [1.54, 1.807) is 0 Å². The molecular formula is C16H25N5O2. The van der Waals surface area contributed by atoms with Crippen LogP contribution in [0.25, 0.3) is 11.0 Å². The second-order valence-corrected chi connectivity index (χ2v) is 6.34. The smallest absolute Gasteiger partial charge is 0.151 e. The first-order valence-corrected chi connectivity index (χ1v) is 8.31. The van der Waals surface area contributed by atoms with E-state index < -0.39 is 0 Å². The standard InChI is InChI=1S/C11H15N5O.C5H10O/c12-11-10-9(14-5-15-11)7(3-13-10)8-2-1-6(4-17)16-8;6-5-3-1-2-4-5/h3,5-6,8,13,16-17H,1-2,4H2,(H2,12,14,15);5-6H,1-4H2/t6-,8+;/m0./s1. The van der Waals surface area contributed by atoms with Crippen LogP contribution in [0, 0.1) is 0 Å². The average Bonchev–Trinajstić information content (AvgIpc) is 3.27. The number of anilines is 1. The van der Waals surface area contributed by atoms with E-state index in [1.807, 2.05) is 6.20 Å². The highest BCUT2D eigenvalue weighted by Crippen LogP contribution is 2.31. The average molecular weight is 319 g/mol. The summed E-state index contributed by atoms with van der Waals surface area (Å²) in [6.07, 6.45) is 9.99. The molecule has 7 nitrogen and oxygen atoms in total. The number of nitrogens with zero attached hydrogens (tertiary/aromatic N) is 2. The number of aromatic nitrogens is 3. The fourth-order valence-electron chi connectivity index (χ4n) is 3.36. The van der Waals surface area contributed by atoms with Crippen LogP contribution in [-0.4, -0.2) is 43.9 Å². The summed E-state index contributed by atoms with van der Waals surface area (Å²) in [7, 11) is 0. The lowest BCUT2D eigenvalue weighted by molar-refractivity contribution is 0.183. The molecule has 2 aliphatic rings. The molecular weight excluding hydrogens is 294 g/mol. The summed E-state index contributed by atoms with van der Waals surface area (Å²) < 4.78 is 0. The Morgan fingerprint density at radius 3 is 2.57 bits per heavy atom. The molecule has 1 aliphatic heterocycles. The van der Waals surface area contributed by atoms with Crippen LogP contribution in [0.1, 0.15) is 50.1 Å². The number of hydrogen-bond acceptors (Lipinski definition) is 6. The van der Waals surface area contributed by atoms with Gasteiger partial charge in [-0.25, -0.2) is 9.97 Å². The second kappa shape index (κ2) is 7.25. The molecule has 0 radical (unpaired) electrons. The summed E-state index contributed by atoms with van der Waals surface area (Å²) in [5, 5.41) is 21.2. The predicted molar refractivity (Wildman–Crippen MR) is 88.8 cm³/mol. The Morgan fingerprint density at radius 1 is 1.17 bits per heavy atom. The van der Waals surface area contributed by atoms with E-state index in [-0.39, 0.29) is 24.8 Å². The molecule has 1 saturated heterocycles. The molecule has 0 unspecified atom stereocenters. The van der Waals surface area contributed by atoms with E-state index in [9.17, 15) is 0 Å². The Hall–Kier alpha value is -1.70. The highest BCUT2D eigenvalue weighted by Gasteiger charge is 2.26. The highest BCUT2D eigenvalue weighted by atomic mass is 16.3. The molecule has 23 heavy (non-hydrogen) atoms. The van der Waals surface area contributed by atoms with Crippen molar-refractivity contribution in [2.24, 2.45) is 0 Å². The molecule has 1 saturated carbocycles. The summed E-state index contributed by atoms with van der Waals surface area (Å²) in [5.74, 6) is 0.470. The topological polar surface area (TPSA) is 120 Å². The predicted octanol–water partition coefficient (Wildman–Crippen LogP) is 1.25. The first-order valence-electron chi connectivity index (χ1n) is 8.31. The number of hydrogen-bond donors (Lipinski definition) is 5. The second-order valence-electron chi connectivity index (χ2n) is 6.34. The maximum Gasteiger partial charge on any atom is 0.151 e. The number of H-pyrrole nitrogens is 1. The zero-order chi connectivity index (χ0) is 16.2. The number of fused-ring (bicyclic) bond motifs is 1. The number of nitrogen functional groups attached to an aromatic ring is 1. The number of aliphatic hydroxyl groups excluding tert-OH is 2. The SMILES string of the molecule is Nc1ncnc2c([C@H]3CC[C@@H](CO)N3)c[nH]c12.OC1CCCC1. The molecule has 2 aromatic rings. The molecule has 126 valence electrons. The van der Waals surface area contributed by atoms with E-state index in [0.717, 1.165) is 42.3 Å². The molecule has 2 fully saturated rings. The third-order valence-electron chi connectivity index (χ3n) is 4.68. The molecule has 7 heteroatoms. The zero-order valence-corrected chi connectivity index (χ0v) is 13.2. The minimum Gasteiger partial charge on any atom is -0.395 e. The van der Waals surface area contributed by atoms with Crippen LogP contribution < -0.4 is 11.1 Å². The van der Waals surface area contributed by atoms with Gasteiger partial charge in [0.25, 0.3) is 0 Å². The van der Waals surface area contributed by atoms with Crippen LogP contribution in [-0.2, 0) is 0 Å². The summed E-state index contributed by atoms with van der Waals surface area (Å²) >= 11 is 0. The Balaban J connectivity index is 0.000000220. The van der Waals surface area contributed by atoms with Crippen LogP contribution >= 0.6 is 0 Å². The van der Waals surface area contributed by atoms with Crippen molar-refractivity contribution in [1.82, 2.24) is 20.3 Å². The van der Waals surface area contributed by atoms with Crippen LogP contribution in [0.3, 0.4) is 0 Å². The first-order chi connectivity index (χ1) is 11.2. The highest BCUT2D eigenvalue weighted by molar-refractivity contribution is 5.87. The maximum atomic E-state index is 9.12. The van der Waals surface area contributed by atoms with Crippen molar-refractivity contribution in [2.75, 3.05) is 12.3 Å². The molecule has 0 spiro atoms.